The van der Waals surface area contributed by atoms with E-state index in [9.17, 15) is 4.79 Å². The van der Waals surface area contributed by atoms with Gasteiger partial charge >= 0.3 is 0 Å². The fourth-order valence-corrected chi connectivity index (χ4v) is 1.38. The minimum atomic E-state index is -0.445. The van der Waals surface area contributed by atoms with Crippen molar-refractivity contribution in [3.05, 3.63) is 0 Å². The Bertz CT molecular complexity index is 230. The molecule has 2 nitrogen and oxygen atoms in total. The lowest BCUT2D eigenvalue weighted by atomic mass is 10.3. The fourth-order valence-electron chi connectivity index (χ4n) is 0.441. The first kappa shape index (κ1) is 11.5. The number of rotatable bonds is 2. The summed E-state index contributed by atoms with van der Waals surface area (Å²) in [7, 11) is 3.64. The summed E-state index contributed by atoms with van der Waals surface area (Å²) in [5.74, 6) is 2.35. The van der Waals surface area contributed by atoms with Gasteiger partial charge in [0.15, 0.2) is 5.78 Å². The number of thioether (sulfide) groups is 1. The van der Waals surface area contributed by atoms with Gasteiger partial charge in [-0.2, -0.15) is 0 Å². The Kier molecular flexibility index (Phi) is 4.95. The zero-order chi connectivity index (χ0) is 9.72. The van der Waals surface area contributed by atoms with Gasteiger partial charge in [0.25, 0.3) is 0 Å². The van der Waals surface area contributed by atoms with Gasteiger partial charge < -0.3 is 4.90 Å². The van der Waals surface area contributed by atoms with Crippen LogP contribution in [0.2, 0.25) is 0 Å². The van der Waals surface area contributed by atoms with Gasteiger partial charge in [0.2, 0.25) is 0 Å². The Balaban J connectivity index is 4.15. The van der Waals surface area contributed by atoms with Crippen molar-refractivity contribution < 1.29 is 4.79 Å². The second kappa shape index (κ2) is 5.18. The first-order chi connectivity index (χ1) is 5.49. The highest BCUT2D eigenvalue weighted by atomic mass is 32.2. The van der Waals surface area contributed by atoms with Crippen LogP contribution in [0.5, 0.6) is 0 Å². The molecule has 0 aliphatic rings. The Hall–Kier alpha value is -0.530. The summed E-state index contributed by atoms with van der Waals surface area (Å²) in [4.78, 5) is 12.6. The molecule has 66 valence electrons. The molecule has 0 aliphatic heterocycles. The van der Waals surface area contributed by atoms with Crippen LogP contribution >= 0.6 is 24.0 Å². The van der Waals surface area contributed by atoms with Crippen molar-refractivity contribution >= 4 is 34.1 Å². The molecule has 0 spiro atoms. The average Bonchev–Trinajstić information content (AvgIpc) is 1.98. The number of nitrogens with zero attached hydrogens (tertiary/aromatic N) is 1. The van der Waals surface area contributed by atoms with Crippen molar-refractivity contribution in [2.45, 2.75) is 12.2 Å². The summed E-state index contributed by atoms with van der Waals surface area (Å²) in [6, 6.07) is 0. The van der Waals surface area contributed by atoms with E-state index in [0.29, 0.717) is 4.32 Å². The second-order valence-electron chi connectivity index (χ2n) is 2.44. The van der Waals surface area contributed by atoms with Crippen LogP contribution in [-0.4, -0.2) is 34.3 Å². The molecule has 0 amide bonds. The molecule has 0 bridgehead atoms. The maximum atomic E-state index is 10.9. The van der Waals surface area contributed by atoms with E-state index in [0.717, 1.165) is 0 Å². The van der Waals surface area contributed by atoms with E-state index in [4.69, 9.17) is 18.6 Å². The maximum Gasteiger partial charge on any atom is 0.155 e. The largest absolute Gasteiger partial charge is 0.364 e. The monoisotopic (exact) mass is 201 g/mol. The quantitative estimate of drug-likeness (QED) is 0.493. The normalized spacial score (nSPS) is 11.5. The van der Waals surface area contributed by atoms with Crippen LogP contribution in [0.3, 0.4) is 0 Å². The van der Waals surface area contributed by atoms with Gasteiger partial charge in [0.1, 0.15) is 9.57 Å². The van der Waals surface area contributed by atoms with Crippen molar-refractivity contribution in [1.82, 2.24) is 4.90 Å². The molecule has 12 heavy (non-hydrogen) atoms. The van der Waals surface area contributed by atoms with Crippen LogP contribution in [0.15, 0.2) is 0 Å². The smallest absolute Gasteiger partial charge is 0.155 e. The maximum absolute atomic E-state index is 10.9. The van der Waals surface area contributed by atoms with Gasteiger partial charge in [-0.15, -0.1) is 6.42 Å². The average molecular weight is 201 g/mol. The van der Waals surface area contributed by atoms with Crippen molar-refractivity contribution in [3.63, 3.8) is 0 Å². The lowest BCUT2D eigenvalue weighted by Gasteiger charge is -2.14. The zero-order valence-electron chi connectivity index (χ0n) is 7.33. The van der Waals surface area contributed by atoms with Crippen LogP contribution in [0.25, 0.3) is 0 Å². The van der Waals surface area contributed by atoms with Crippen LogP contribution in [-0.2, 0) is 4.79 Å². The van der Waals surface area contributed by atoms with Crippen molar-refractivity contribution in [1.29, 1.82) is 0 Å². The Morgan fingerprint density at radius 1 is 1.67 bits per heavy atom. The minimum absolute atomic E-state index is 0.0355. The molecular formula is C8H11NOS2. The first-order valence-electron chi connectivity index (χ1n) is 3.33. The molecule has 0 radical (unpaired) electrons. The molecular weight excluding hydrogens is 190 g/mol. The minimum Gasteiger partial charge on any atom is -0.364 e. The number of hydrogen-bond donors (Lipinski definition) is 0. The van der Waals surface area contributed by atoms with E-state index in [1.807, 2.05) is 14.1 Å². The molecule has 1 unspecified atom stereocenters. The number of ketones is 1. The molecule has 0 heterocycles. The molecule has 0 aromatic carbocycles. The van der Waals surface area contributed by atoms with Crippen molar-refractivity contribution in [2.75, 3.05) is 14.1 Å². The molecule has 0 aromatic heterocycles. The molecule has 0 saturated carbocycles. The third kappa shape index (κ3) is 3.74. The third-order valence-electron chi connectivity index (χ3n) is 1.10. The molecule has 0 N–H and O–H groups in total. The number of Topliss-reactive ketones (excluding diaryl/α,β-unsaturated/α-hetero) is 1. The van der Waals surface area contributed by atoms with Crippen molar-refractivity contribution in [2.24, 2.45) is 0 Å². The van der Waals surface area contributed by atoms with E-state index in [-0.39, 0.29) is 5.78 Å². The number of carbonyl (C=O) groups excluding carboxylic acids is 1. The fraction of sp³-hybridized carbons (Fsp3) is 0.500. The standard InChI is InChI=1S/C8H11NOS2/c1-5-7(6(2)10)12-8(11)9(3)4/h1,7H,2-4H3. The highest BCUT2D eigenvalue weighted by Crippen LogP contribution is 2.14. The molecule has 0 aliphatic carbocycles. The second-order valence-corrected chi connectivity index (χ2v) is 4.17. The van der Waals surface area contributed by atoms with Gasteiger partial charge in [-0.25, -0.2) is 0 Å². The van der Waals surface area contributed by atoms with Crippen LogP contribution < -0.4 is 0 Å². The van der Waals surface area contributed by atoms with E-state index in [1.165, 1.54) is 18.7 Å². The summed E-state index contributed by atoms with van der Waals surface area (Å²) in [5.41, 5.74) is 0. The Labute approximate surface area is 82.7 Å². The van der Waals surface area contributed by atoms with E-state index in [1.54, 1.807) is 4.90 Å². The van der Waals surface area contributed by atoms with E-state index >= 15 is 0 Å². The molecule has 1 atom stereocenters. The van der Waals surface area contributed by atoms with E-state index in [2.05, 4.69) is 5.92 Å². The molecule has 0 rings (SSSR count). The molecule has 0 aromatic rings. The SMILES string of the molecule is C#CC(SC(=S)N(C)C)C(C)=O. The van der Waals surface area contributed by atoms with Gasteiger partial charge in [-0.1, -0.05) is 29.9 Å². The zero-order valence-corrected chi connectivity index (χ0v) is 8.96. The van der Waals surface area contributed by atoms with Gasteiger partial charge in [0, 0.05) is 14.1 Å². The predicted molar refractivity (Wildman–Crippen MR) is 57.2 cm³/mol. The highest BCUT2D eigenvalue weighted by molar-refractivity contribution is 8.23. The first-order valence-corrected chi connectivity index (χ1v) is 4.62. The number of carbonyl (C=O) groups is 1. The lowest BCUT2D eigenvalue weighted by Crippen LogP contribution is -2.22. The van der Waals surface area contributed by atoms with Gasteiger partial charge in [0.05, 0.1) is 0 Å². The highest BCUT2D eigenvalue weighted by Gasteiger charge is 2.14. The number of terminal acetylenes is 1. The van der Waals surface area contributed by atoms with E-state index < -0.39 is 5.25 Å². The Morgan fingerprint density at radius 2 is 2.17 bits per heavy atom. The van der Waals surface area contributed by atoms with Crippen LogP contribution in [0, 0.1) is 12.3 Å². The number of thiocarbonyl (C=S) groups is 1. The predicted octanol–water partition coefficient (Wildman–Crippen LogP) is 1.16. The van der Waals surface area contributed by atoms with Gasteiger partial charge in [-0.3, -0.25) is 4.79 Å². The van der Waals surface area contributed by atoms with Crippen molar-refractivity contribution in [3.8, 4) is 12.3 Å². The third-order valence-corrected chi connectivity index (χ3v) is 3.03. The summed E-state index contributed by atoms with van der Waals surface area (Å²) in [5, 5.41) is -0.445. The lowest BCUT2D eigenvalue weighted by molar-refractivity contribution is -0.115. The number of hydrogen-bond acceptors (Lipinski definition) is 3. The summed E-state index contributed by atoms with van der Waals surface area (Å²) < 4.78 is 0.633. The molecule has 4 heteroatoms. The topological polar surface area (TPSA) is 20.3 Å². The molecule has 0 fully saturated rings. The summed E-state index contributed by atoms with van der Waals surface area (Å²) in [6.45, 7) is 1.47. The van der Waals surface area contributed by atoms with Gasteiger partial charge in [-0.05, 0) is 6.92 Å². The van der Waals surface area contributed by atoms with Crippen LogP contribution in [0.4, 0.5) is 0 Å². The molecule has 0 saturated heterocycles. The summed E-state index contributed by atoms with van der Waals surface area (Å²) >= 11 is 6.21. The van der Waals surface area contributed by atoms with Crippen LogP contribution in [0.1, 0.15) is 6.92 Å². The summed E-state index contributed by atoms with van der Waals surface area (Å²) in [6.07, 6.45) is 5.15. The Morgan fingerprint density at radius 3 is 2.42 bits per heavy atom.